The zero-order chi connectivity index (χ0) is 13.9. The normalized spacial score (nSPS) is 11.1. The second-order valence-corrected chi connectivity index (χ2v) is 5.10. The van der Waals surface area contributed by atoms with Crippen LogP contribution >= 0.6 is 11.3 Å². The molecule has 2 aromatic rings. The smallest absolute Gasteiger partial charge is 0.269 e. The van der Waals surface area contributed by atoms with Crippen molar-refractivity contribution in [2.75, 3.05) is 5.32 Å². The summed E-state index contributed by atoms with van der Waals surface area (Å²) in [7, 11) is 0. The number of nitrogens with one attached hydrogen (secondary N) is 1. The van der Waals surface area contributed by atoms with Gasteiger partial charge in [0, 0.05) is 0 Å². The summed E-state index contributed by atoms with van der Waals surface area (Å²) in [6.45, 7) is 3.24. The summed E-state index contributed by atoms with van der Waals surface area (Å²) >= 11 is 1.22. The molecule has 1 N–H and O–H groups in total. The third-order valence-electron chi connectivity index (χ3n) is 2.31. The number of nitrogens with zero attached hydrogens (tertiary/aromatic N) is 2. The highest BCUT2D eigenvalue weighted by molar-refractivity contribution is 7.13. The fourth-order valence-corrected chi connectivity index (χ4v) is 1.76. The first-order valence-corrected chi connectivity index (χ1v) is 6.37. The minimum Gasteiger partial charge on any atom is -0.478 e. The molecule has 1 aromatic carbocycles. The van der Waals surface area contributed by atoms with E-state index >= 15 is 0 Å². The third-order valence-corrected chi connectivity index (χ3v) is 2.92. The van der Waals surface area contributed by atoms with Gasteiger partial charge in [-0.15, -0.1) is 10.2 Å². The van der Waals surface area contributed by atoms with Gasteiger partial charge in [-0.3, -0.25) is 10.1 Å². The first-order chi connectivity index (χ1) is 8.97. The van der Waals surface area contributed by atoms with Crippen molar-refractivity contribution in [2.24, 2.45) is 0 Å². The average molecular weight is 281 g/mol. The fourth-order valence-electron chi connectivity index (χ4n) is 1.32. The minimum absolute atomic E-state index is 0.353. The van der Waals surface area contributed by atoms with E-state index in [0.717, 1.165) is 0 Å². The molecular formula is C12H12FN3O2S. The van der Waals surface area contributed by atoms with E-state index in [1.165, 1.54) is 41.1 Å². The number of halogens is 1. The monoisotopic (exact) mass is 281 g/mol. The van der Waals surface area contributed by atoms with E-state index in [1.807, 2.05) is 0 Å². The van der Waals surface area contributed by atoms with Crippen molar-refractivity contribution in [2.45, 2.75) is 19.4 Å². The molecule has 0 spiro atoms. The van der Waals surface area contributed by atoms with Crippen LogP contribution in [0.3, 0.4) is 0 Å². The van der Waals surface area contributed by atoms with Gasteiger partial charge in [-0.05, 0) is 38.1 Å². The minimum atomic E-state index is -1.11. The van der Waals surface area contributed by atoms with Crippen LogP contribution < -0.4 is 10.1 Å². The van der Waals surface area contributed by atoms with Crippen molar-refractivity contribution in [1.82, 2.24) is 10.2 Å². The molecule has 0 saturated carbocycles. The van der Waals surface area contributed by atoms with Crippen LogP contribution in [0, 0.1) is 5.82 Å². The predicted molar refractivity (Wildman–Crippen MR) is 69.6 cm³/mol. The summed E-state index contributed by atoms with van der Waals surface area (Å²) < 4.78 is 18.3. The highest BCUT2D eigenvalue weighted by Crippen LogP contribution is 2.20. The molecule has 7 heteroatoms. The first-order valence-electron chi connectivity index (χ1n) is 5.49. The molecule has 100 valence electrons. The second-order valence-electron chi connectivity index (χ2n) is 4.26. The van der Waals surface area contributed by atoms with E-state index in [4.69, 9.17) is 4.74 Å². The van der Waals surface area contributed by atoms with Gasteiger partial charge in [0.05, 0.1) is 0 Å². The molecule has 0 bridgehead atoms. The highest BCUT2D eigenvalue weighted by Gasteiger charge is 2.30. The maximum Gasteiger partial charge on any atom is 0.269 e. The Kier molecular flexibility index (Phi) is 3.75. The molecule has 5 nitrogen and oxygen atoms in total. The number of benzene rings is 1. The number of amides is 1. The molecule has 2 rings (SSSR count). The highest BCUT2D eigenvalue weighted by atomic mass is 32.1. The SMILES string of the molecule is CC(C)(Oc1ccc(F)cc1)C(=O)Nc1nncs1. The largest absolute Gasteiger partial charge is 0.478 e. The maximum absolute atomic E-state index is 12.8. The van der Waals surface area contributed by atoms with E-state index in [9.17, 15) is 9.18 Å². The molecule has 1 amide bonds. The summed E-state index contributed by atoms with van der Waals surface area (Å²) in [6, 6.07) is 5.48. The molecule has 0 fully saturated rings. The van der Waals surface area contributed by atoms with Crippen molar-refractivity contribution in [3.05, 3.63) is 35.6 Å². The standard InChI is InChI=1S/C12H12FN3O2S/c1-12(2,10(17)15-11-16-14-7-19-11)18-9-5-3-8(13)4-6-9/h3-7H,1-2H3,(H,15,16,17). The Balaban J connectivity index is 2.04. The maximum atomic E-state index is 12.8. The topological polar surface area (TPSA) is 64.1 Å². The zero-order valence-electron chi connectivity index (χ0n) is 10.4. The van der Waals surface area contributed by atoms with Crippen molar-refractivity contribution in [3.8, 4) is 5.75 Å². The molecule has 0 aliphatic carbocycles. The predicted octanol–water partition coefficient (Wildman–Crippen LogP) is 2.47. The Morgan fingerprint density at radius 1 is 1.37 bits per heavy atom. The summed E-state index contributed by atoms with van der Waals surface area (Å²) in [6.07, 6.45) is 0. The molecule has 0 unspecified atom stereocenters. The van der Waals surface area contributed by atoms with Gasteiger partial charge in [-0.1, -0.05) is 11.3 Å². The van der Waals surface area contributed by atoms with Gasteiger partial charge in [0.25, 0.3) is 5.91 Å². The van der Waals surface area contributed by atoms with Gasteiger partial charge in [-0.25, -0.2) is 4.39 Å². The van der Waals surface area contributed by atoms with E-state index in [1.54, 1.807) is 13.8 Å². The van der Waals surface area contributed by atoms with Gasteiger partial charge in [0.2, 0.25) is 5.13 Å². The molecule has 0 radical (unpaired) electrons. The summed E-state index contributed by atoms with van der Waals surface area (Å²) in [5, 5.41) is 10.3. The fraction of sp³-hybridized carbons (Fsp3) is 0.250. The van der Waals surface area contributed by atoms with Crippen molar-refractivity contribution >= 4 is 22.4 Å². The Labute approximate surface area is 113 Å². The number of carbonyl (C=O) groups excluding carboxylic acids is 1. The van der Waals surface area contributed by atoms with E-state index in [-0.39, 0.29) is 11.7 Å². The molecule has 1 aromatic heterocycles. The van der Waals surface area contributed by atoms with Gasteiger partial charge in [-0.2, -0.15) is 0 Å². The van der Waals surface area contributed by atoms with Gasteiger partial charge < -0.3 is 4.74 Å². The quantitative estimate of drug-likeness (QED) is 0.935. The van der Waals surface area contributed by atoms with Crippen molar-refractivity contribution in [1.29, 1.82) is 0 Å². The Hall–Kier alpha value is -2.02. The average Bonchev–Trinajstić information content (AvgIpc) is 2.84. The number of anilines is 1. The van der Waals surface area contributed by atoms with Crippen LogP contribution in [0.2, 0.25) is 0 Å². The molecule has 0 atom stereocenters. The number of hydrogen-bond acceptors (Lipinski definition) is 5. The van der Waals surface area contributed by atoms with Crippen LogP contribution in [0.1, 0.15) is 13.8 Å². The third kappa shape index (κ3) is 3.47. The Morgan fingerprint density at radius 3 is 2.63 bits per heavy atom. The number of hydrogen-bond donors (Lipinski definition) is 1. The van der Waals surface area contributed by atoms with Gasteiger partial charge in [0.15, 0.2) is 5.60 Å². The summed E-state index contributed by atoms with van der Waals surface area (Å²) in [4.78, 5) is 12.0. The lowest BCUT2D eigenvalue weighted by Crippen LogP contribution is -2.42. The number of aromatic nitrogens is 2. The molecule has 0 saturated heterocycles. The van der Waals surface area contributed by atoms with Crippen LogP contribution in [0.15, 0.2) is 29.8 Å². The van der Waals surface area contributed by atoms with Crippen LogP contribution in [0.4, 0.5) is 9.52 Å². The molecule has 1 heterocycles. The van der Waals surface area contributed by atoms with E-state index in [2.05, 4.69) is 15.5 Å². The van der Waals surface area contributed by atoms with Crippen molar-refractivity contribution in [3.63, 3.8) is 0 Å². The Morgan fingerprint density at radius 2 is 2.05 bits per heavy atom. The Bertz CT molecular complexity index is 555. The van der Waals surface area contributed by atoms with Crippen molar-refractivity contribution < 1.29 is 13.9 Å². The van der Waals surface area contributed by atoms with Crippen LogP contribution in [0.25, 0.3) is 0 Å². The first kappa shape index (κ1) is 13.4. The van der Waals surface area contributed by atoms with Crippen LogP contribution in [-0.2, 0) is 4.79 Å². The van der Waals surface area contributed by atoms with Crippen LogP contribution in [0.5, 0.6) is 5.75 Å². The van der Waals surface area contributed by atoms with E-state index < -0.39 is 5.60 Å². The second kappa shape index (κ2) is 5.31. The summed E-state index contributed by atoms with van der Waals surface area (Å²) in [5.74, 6) is -0.296. The van der Waals surface area contributed by atoms with Gasteiger partial charge >= 0.3 is 0 Å². The molecule has 0 aliphatic heterocycles. The summed E-state index contributed by atoms with van der Waals surface area (Å²) in [5.41, 5.74) is 0.410. The zero-order valence-corrected chi connectivity index (χ0v) is 11.2. The molecule has 0 aliphatic rings. The van der Waals surface area contributed by atoms with Crippen LogP contribution in [-0.4, -0.2) is 21.7 Å². The number of carbonyl (C=O) groups is 1. The molecule has 19 heavy (non-hydrogen) atoms. The van der Waals surface area contributed by atoms with Gasteiger partial charge in [0.1, 0.15) is 17.1 Å². The lowest BCUT2D eigenvalue weighted by atomic mass is 10.1. The lowest BCUT2D eigenvalue weighted by molar-refractivity contribution is -0.128. The van der Waals surface area contributed by atoms with E-state index in [0.29, 0.717) is 10.9 Å². The number of ether oxygens (including phenoxy) is 1. The molecular weight excluding hydrogens is 269 g/mol. The number of rotatable bonds is 4. The lowest BCUT2D eigenvalue weighted by Gasteiger charge is -2.24.